The molecule has 6 nitrogen and oxygen atoms in total. The van der Waals surface area contributed by atoms with Gasteiger partial charge in [-0.2, -0.15) is 0 Å². The van der Waals surface area contributed by atoms with E-state index in [1.165, 1.54) is 6.92 Å². The minimum atomic E-state index is -0.973. The highest BCUT2D eigenvalue weighted by Gasteiger charge is 2.35. The lowest BCUT2D eigenvalue weighted by Gasteiger charge is -2.27. The molecule has 2 amide bonds. The van der Waals surface area contributed by atoms with Crippen LogP contribution in [-0.4, -0.2) is 29.4 Å². The van der Waals surface area contributed by atoms with Crippen molar-refractivity contribution in [3.63, 3.8) is 0 Å². The summed E-state index contributed by atoms with van der Waals surface area (Å²) in [5, 5.41) is 15.4. The zero-order valence-electron chi connectivity index (χ0n) is 14.8. The minimum absolute atomic E-state index is 0.0182. The van der Waals surface area contributed by atoms with E-state index in [1.807, 2.05) is 0 Å². The second-order valence-corrected chi connectivity index (χ2v) is 6.51. The Morgan fingerprint density at radius 1 is 1.16 bits per heavy atom. The van der Waals surface area contributed by atoms with Gasteiger partial charge in [-0.3, -0.25) is 14.4 Å². The number of benzene rings is 1. The SMILES string of the molecule is CCC(CC)(CNC(=O)CC(NC(C)=O)c1ccc(Cl)cc1)C(=O)O. The molecule has 1 rings (SSSR count). The first-order valence-electron chi connectivity index (χ1n) is 8.26. The average molecular weight is 369 g/mol. The van der Waals surface area contributed by atoms with E-state index in [-0.39, 0.29) is 24.8 Å². The lowest BCUT2D eigenvalue weighted by Crippen LogP contribution is -2.43. The molecule has 1 atom stereocenters. The molecule has 1 aromatic carbocycles. The van der Waals surface area contributed by atoms with Gasteiger partial charge in [0.1, 0.15) is 0 Å². The summed E-state index contributed by atoms with van der Waals surface area (Å²) in [6, 6.07) is 6.36. The summed E-state index contributed by atoms with van der Waals surface area (Å²) < 4.78 is 0. The molecule has 0 aromatic heterocycles. The van der Waals surface area contributed by atoms with Crippen LogP contribution in [0, 0.1) is 5.41 Å². The fourth-order valence-corrected chi connectivity index (χ4v) is 2.72. The first-order valence-corrected chi connectivity index (χ1v) is 8.64. The van der Waals surface area contributed by atoms with Crippen molar-refractivity contribution in [1.29, 1.82) is 0 Å². The molecular weight excluding hydrogens is 344 g/mol. The van der Waals surface area contributed by atoms with Crippen LogP contribution in [0.15, 0.2) is 24.3 Å². The van der Waals surface area contributed by atoms with Crippen molar-refractivity contribution >= 4 is 29.4 Å². The van der Waals surface area contributed by atoms with Gasteiger partial charge in [-0.15, -0.1) is 0 Å². The standard InChI is InChI=1S/C18H25ClN2O4/c1-4-18(5-2,17(24)25)11-20-16(23)10-15(21-12(3)22)13-6-8-14(19)9-7-13/h6-9,15H,4-5,10-11H2,1-3H3,(H,20,23)(H,21,22)(H,24,25). The van der Waals surface area contributed by atoms with Gasteiger partial charge in [0, 0.05) is 18.5 Å². The highest BCUT2D eigenvalue weighted by Crippen LogP contribution is 2.26. The van der Waals surface area contributed by atoms with Gasteiger partial charge in [0.15, 0.2) is 0 Å². The van der Waals surface area contributed by atoms with Crippen molar-refractivity contribution in [3.05, 3.63) is 34.9 Å². The van der Waals surface area contributed by atoms with Crippen LogP contribution >= 0.6 is 11.6 Å². The Hall–Kier alpha value is -2.08. The van der Waals surface area contributed by atoms with Crippen LogP contribution < -0.4 is 10.6 Å². The quantitative estimate of drug-likeness (QED) is 0.624. The van der Waals surface area contributed by atoms with E-state index in [0.717, 1.165) is 5.56 Å². The molecule has 1 aromatic rings. The predicted molar refractivity (Wildman–Crippen MR) is 96.3 cm³/mol. The number of hydrogen-bond donors (Lipinski definition) is 3. The second kappa shape index (κ2) is 9.42. The van der Waals surface area contributed by atoms with Gasteiger partial charge in [-0.05, 0) is 30.5 Å². The number of carboxylic acids is 1. The molecule has 0 spiro atoms. The Balaban J connectivity index is 2.80. The largest absolute Gasteiger partial charge is 0.481 e. The summed E-state index contributed by atoms with van der Waals surface area (Å²) in [4.78, 5) is 35.2. The maximum Gasteiger partial charge on any atom is 0.311 e. The zero-order valence-corrected chi connectivity index (χ0v) is 15.5. The summed E-state index contributed by atoms with van der Waals surface area (Å²) in [6.07, 6.45) is 0.862. The highest BCUT2D eigenvalue weighted by molar-refractivity contribution is 6.30. The average Bonchev–Trinajstić information content (AvgIpc) is 2.55. The molecule has 0 saturated carbocycles. The van der Waals surface area contributed by atoms with Crippen LogP contribution in [0.5, 0.6) is 0 Å². The second-order valence-electron chi connectivity index (χ2n) is 6.08. The van der Waals surface area contributed by atoms with Gasteiger partial charge in [-0.1, -0.05) is 37.6 Å². The molecule has 0 bridgehead atoms. The molecule has 0 aliphatic rings. The molecule has 0 fully saturated rings. The summed E-state index contributed by atoms with van der Waals surface area (Å²) in [5.74, 6) is -1.50. The van der Waals surface area contributed by atoms with E-state index in [1.54, 1.807) is 38.1 Å². The van der Waals surface area contributed by atoms with E-state index in [2.05, 4.69) is 10.6 Å². The Bertz CT molecular complexity index is 612. The van der Waals surface area contributed by atoms with Crippen LogP contribution in [0.2, 0.25) is 5.02 Å². The maximum absolute atomic E-state index is 12.3. The molecule has 0 aliphatic carbocycles. The predicted octanol–water partition coefficient (Wildman–Crippen LogP) is 2.91. The first kappa shape index (κ1) is 21.0. The summed E-state index contributed by atoms with van der Waals surface area (Å²) in [7, 11) is 0. The number of aliphatic carboxylic acids is 1. The van der Waals surface area contributed by atoms with E-state index >= 15 is 0 Å². The van der Waals surface area contributed by atoms with Crippen molar-refractivity contribution in [2.24, 2.45) is 5.41 Å². The first-order chi connectivity index (χ1) is 11.7. The minimum Gasteiger partial charge on any atom is -0.481 e. The molecule has 0 heterocycles. The Kier molecular flexibility index (Phi) is 7.90. The van der Waals surface area contributed by atoms with Crippen LogP contribution in [0.4, 0.5) is 0 Å². The number of rotatable bonds is 9. The zero-order chi connectivity index (χ0) is 19.0. The van der Waals surface area contributed by atoms with Crippen LogP contribution in [0.3, 0.4) is 0 Å². The lowest BCUT2D eigenvalue weighted by atomic mass is 9.82. The monoisotopic (exact) mass is 368 g/mol. The number of hydrogen-bond acceptors (Lipinski definition) is 3. The third-order valence-electron chi connectivity index (χ3n) is 4.47. The van der Waals surface area contributed by atoms with Gasteiger partial charge >= 0.3 is 5.97 Å². The van der Waals surface area contributed by atoms with Gasteiger partial charge in [-0.25, -0.2) is 0 Å². The van der Waals surface area contributed by atoms with Crippen LogP contribution in [-0.2, 0) is 14.4 Å². The number of carbonyl (C=O) groups is 3. The van der Waals surface area contributed by atoms with E-state index in [4.69, 9.17) is 11.6 Å². The molecular formula is C18H25ClN2O4. The van der Waals surface area contributed by atoms with Crippen molar-refractivity contribution in [2.45, 2.75) is 46.1 Å². The van der Waals surface area contributed by atoms with Gasteiger partial charge in [0.25, 0.3) is 0 Å². The van der Waals surface area contributed by atoms with Crippen molar-refractivity contribution in [3.8, 4) is 0 Å². The molecule has 3 N–H and O–H groups in total. The van der Waals surface area contributed by atoms with Crippen LogP contribution in [0.1, 0.15) is 51.6 Å². The van der Waals surface area contributed by atoms with Crippen LogP contribution in [0.25, 0.3) is 0 Å². The smallest absolute Gasteiger partial charge is 0.311 e. The number of amides is 2. The fourth-order valence-electron chi connectivity index (χ4n) is 2.60. The van der Waals surface area contributed by atoms with E-state index in [9.17, 15) is 19.5 Å². The van der Waals surface area contributed by atoms with E-state index in [0.29, 0.717) is 17.9 Å². The molecule has 0 saturated heterocycles. The molecule has 7 heteroatoms. The molecule has 0 aliphatic heterocycles. The van der Waals surface area contributed by atoms with Crippen molar-refractivity contribution in [1.82, 2.24) is 10.6 Å². The van der Waals surface area contributed by atoms with Gasteiger partial charge in [0.2, 0.25) is 11.8 Å². The fraction of sp³-hybridized carbons (Fsp3) is 0.500. The third-order valence-corrected chi connectivity index (χ3v) is 4.72. The molecule has 25 heavy (non-hydrogen) atoms. The topological polar surface area (TPSA) is 95.5 Å². The Labute approximate surface area is 152 Å². The maximum atomic E-state index is 12.3. The number of nitrogens with one attached hydrogen (secondary N) is 2. The highest BCUT2D eigenvalue weighted by atomic mass is 35.5. The number of carbonyl (C=O) groups excluding carboxylic acids is 2. The molecule has 1 unspecified atom stereocenters. The molecule has 138 valence electrons. The van der Waals surface area contributed by atoms with Gasteiger partial charge in [0.05, 0.1) is 17.9 Å². The summed E-state index contributed by atoms with van der Waals surface area (Å²) in [5.41, 5.74) is -0.218. The normalized spacial score (nSPS) is 12.3. The lowest BCUT2D eigenvalue weighted by molar-refractivity contribution is -0.149. The number of carboxylic acid groups (broad SMARTS) is 1. The summed E-state index contributed by atoms with van der Waals surface area (Å²) in [6.45, 7) is 5.02. The van der Waals surface area contributed by atoms with Crippen molar-refractivity contribution < 1.29 is 19.5 Å². The molecule has 0 radical (unpaired) electrons. The Morgan fingerprint density at radius 2 is 1.72 bits per heavy atom. The Morgan fingerprint density at radius 3 is 2.16 bits per heavy atom. The summed E-state index contributed by atoms with van der Waals surface area (Å²) >= 11 is 5.87. The number of halogens is 1. The third kappa shape index (κ3) is 6.05. The van der Waals surface area contributed by atoms with Gasteiger partial charge < -0.3 is 15.7 Å². The van der Waals surface area contributed by atoms with Crippen molar-refractivity contribution in [2.75, 3.05) is 6.54 Å². The van der Waals surface area contributed by atoms with E-state index < -0.39 is 17.4 Å².